The highest BCUT2D eigenvalue weighted by atomic mass is 32.2. The van der Waals surface area contributed by atoms with Gasteiger partial charge in [0.1, 0.15) is 5.82 Å². The molecule has 200 valence electrons. The van der Waals surface area contributed by atoms with Crippen molar-refractivity contribution < 1.29 is 17.6 Å². The Hall–Kier alpha value is -3.30. The maximum Gasteiger partial charge on any atom is 0.243 e. The molecule has 0 spiro atoms. The van der Waals surface area contributed by atoms with Gasteiger partial charge in [0, 0.05) is 19.6 Å². The number of hydrogen-bond acceptors (Lipinski definition) is 4. The molecule has 1 atom stereocenters. The number of hydrogen-bond donors (Lipinski definition) is 1. The molecule has 2 aromatic carbocycles. The van der Waals surface area contributed by atoms with E-state index in [9.17, 15) is 17.6 Å². The molecule has 9 heteroatoms. The minimum Gasteiger partial charge on any atom is -0.356 e. The summed E-state index contributed by atoms with van der Waals surface area (Å²) in [6, 6.07) is 13.1. The van der Waals surface area contributed by atoms with Crippen molar-refractivity contribution in [1.29, 1.82) is 0 Å². The summed E-state index contributed by atoms with van der Waals surface area (Å²) in [4.78, 5) is 13.8. The third-order valence-electron chi connectivity index (χ3n) is 7.58. The Morgan fingerprint density at radius 2 is 1.79 bits per heavy atom. The summed E-state index contributed by atoms with van der Waals surface area (Å²) in [6.45, 7) is 8.87. The quantitative estimate of drug-likeness (QED) is 0.522. The number of rotatable bonds is 5. The molecular formula is C29H33FN4O3S. The molecule has 1 amide bonds. The van der Waals surface area contributed by atoms with Crippen molar-refractivity contribution in [2.24, 2.45) is 5.41 Å². The highest BCUT2D eigenvalue weighted by Gasteiger charge is 2.50. The normalized spacial score (nSPS) is 19.9. The standard InChI is InChI=1S/C29H33FN4O3S/c1-5-31-27(35)29-17-20-18-32-34(24-10-8-23(30)9-11-24)26(20)16-22(29)14-15-33(19-29)38(36,37)25-12-6-21(7-13-25)28(2,3)4/h6-13,16,18H,5,14-15,17,19H2,1-4H3,(H,31,35). The average Bonchev–Trinajstić information content (AvgIpc) is 3.29. The fraction of sp³-hybridized carbons (Fsp3) is 0.379. The van der Waals surface area contributed by atoms with Gasteiger partial charge in [0.25, 0.3) is 0 Å². The van der Waals surface area contributed by atoms with Crippen LogP contribution in [0, 0.1) is 11.2 Å². The van der Waals surface area contributed by atoms with Crippen molar-refractivity contribution in [2.75, 3.05) is 19.6 Å². The Kier molecular flexibility index (Phi) is 6.55. The van der Waals surface area contributed by atoms with E-state index in [0.717, 1.165) is 22.4 Å². The number of benzene rings is 2. The third-order valence-corrected chi connectivity index (χ3v) is 9.44. The van der Waals surface area contributed by atoms with Gasteiger partial charge in [0.05, 0.1) is 27.9 Å². The second kappa shape index (κ2) is 9.47. The number of carbonyl (C=O) groups is 1. The average molecular weight is 537 g/mol. The van der Waals surface area contributed by atoms with Gasteiger partial charge in [-0.15, -0.1) is 0 Å². The zero-order chi connectivity index (χ0) is 27.3. The molecule has 1 aliphatic carbocycles. The lowest BCUT2D eigenvalue weighted by Gasteiger charge is -2.44. The van der Waals surface area contributed by atoms with Gasteiger partial charge in [-0.1, -0.05) is 32.9 Å². The van der Waals surface area contributed by atoms with E-state index in [-0.39, 0.29) is 35.1 Å². The van der Waals surface area contributed by atoms with E-state index >= 15 is 0 Å². The number of fused-ring (bicyclic) bond motifs is 2. The van der Waals surface area contributed by atoms with Crippen molar-refractivity contribution in [1.82, 2.24) is 19.4 Å². The van der Waals surface area contributed by atoms with E-state index in [1.54, 1.807) is 35.1 Å². The van der Waals surface area contributed by atoms with Gasteiger partial charge < -0.3 is 5.32 Å². The summed E-state index contributed by atoms with van der Waals surface area (Å²) < 4.78 is 44.1. The second-order valence-corrected chi connectivity index (χ2v) is 13.0. The number of carbonyl (C=O) groups excluding carboxylic acids is 1. The molecular weight excluding hydrogens is 503 g/mol. The Labute approximate surface area is 223 Å². The van der Waals surface area contributed by atoms with Gasteiger partial charge in [0.2, 0.25) is 15.9 Å². The van der Waals surface area contributed by atoms with Gasteiger partial charge in [-0.05, 0) is 84.4 Å². The highest BCUT2D eigenvalue weighted by Crippen LogP contribution is 2.45. The largest absolute Gasteiger partial charge is 0.356 e. The Bertz CT molecular complexity index is 1500. The van der Waals surface area contributed by atoms with E-state index in [2.05, 4.69) is 31.2 Å². The number of nitrogens with one attached hydrogen (secondary N) is 1. The summed E-state index contributed by atoms with van der Waals surface area (Å²) >= 11 is 0. The molecule has 2 heterocycles. The van der Waals surface area contributed by atoms with Gasteiger partial charge in [0.15, 0.2) is 0 Å². The van der Waals surface area contributed by atoms with Crippen LogP contribution in [0.4, 0.5) is 4.39 Å². The minimum absolute atomic E-state index is 0.0508. The van der Waals surface area contributed by atoms with Crippen LogP contribution < -0.4 is 5.32 Å². The van der Waals surface area contributed by atoms with E-state index in [1.165, 1.54) is 16.4 Å². The predicted molar refractivity (Wildman–Crippen MR) is 145 cm³/mol. The molecule has 7 nitrogen and oxygen atoms in total. The lowest BCUT2D eigenvalue weighted by Crippen LogP contribution is -2.56. The molecule has 0 radical (unpaired) electrons. The zero-order valence-electron chi connectivity index (χ0n) is 22.2. The number of piperidine rings is 1. The smallest absolute Gasteiger partial charge is 0.243 e. The summed E-state index contributed by atoms with van der Waals surface area (Å²) in [5, 5.41) is 7.47. The fourth-order valence-corrected chi connectivity index (χ4v) is 6.91. The molecule has 1 saturated heterocycles. The van der Waals surface area contributed by atoms with Crippen LogP contribution in [0.3, 0.4) is 0 Å². The van der Waals surface area contributed by atoms with Crippen LogP contribution in [0.1, 0.15) is 50.9 Å². The molecule has 3 aromatic rings. The fourth-order valence-electron chi connectivity index (χ4n) is 5.41. The molecule has 5 rings (SSSR count). The number of sulfonamides is 1. The van der Waals surface area contributed by atoms with Crippen LogP contribution in [0.5, 0.6) is 0 Å². The maximum atomic E-state index is 13.7. The molecule has 2 aliphatic rings. The zero-order valence-corrected chi connectivity index (χ0v) is 23.0. The van der Waals surface area contributed by atoms with Crippen LogP contribution in [-0.4, -0.2) is 48.0 Å². The molecule has 38 heavy (non-hydrogen) atoms. The van der Waals surface area contributed by atoms with Crippen molar-refractivity contribution in [2.45, 2.75) is 50.8 Å². The number of nitrogens with zero attached hydrogens (tertiary/aromatic N) is 3. The first-order valence-corrected chi connectivity index (χ1v) is 14.3. The number of aromatic nitrogens is 2. The van der Waals surface area contributed by atoms with Crippen molar-refractivity contribution in [3.8, 4) is 5.69 Å². The van der Waals surface area contributed by atoms with E-state index in [1.807, 2.05) is 25.1 Å². The van der Waals surface area contributed by atoms with Crippen LogP contribution in [0.15, 0.2) is 65.2 Å². The summed E-state index contributed by atoms with van der Waals surface area (Å²) in [6.07, 6.45) is 4.43. The van der Waals surface area contributed by atoms with Crippen LogP contribution in [-0.2, 0) is 26.7 Å². The van der Waals surface area contributed by atoms with Crippen molar-refractivity contribution >= 4 is 22.0 Å². The lowest BCUT2D eigenvalue weighted by molar-refractivity contribution is -0.130. The Morgan fingerprint density at radius 3 is 2.42 bits per heavy atom. The maximum absolute atomic E-state index is 13.7. The Balaban J connectivity index is 1.51. The summed E-state index contributed by atoms with van der Waals surface area (Å²) in [5.41, 5.74) is 3.21. The van der Waals surface area contributed by atoms with E-state index in [4.69, 9.17) is 0 Å². The first kappa shape index (κ1) is 26.3. The molecule has 1 unspecified atom stereocenters. The summed E-state index contributed by atoms with van der Waals surface area (Å²) in [7, 11) is -3.81. The molecule has 1 aliphatic heterocycles. The van der Waals surface area contributed by atoms with Gasteiger partial charge >= 0.3 is 0 Å². The van der Waals surface area contributed by atoms with Crippen LogP contribution in [0.2, 0.25) is 0 Å². The number of halogens is 1. The SMILES string of the molecule is CCNC(=O)C12Cc3cnn(-c4ccc(F)cc4)c3C=C1CCN(S(=O)(=O)c1ccc(C(C)(C)C)cc1)C2. The first-order chi connectivity index (χ1) is 18.0. The number of amides is 1. The monoisotopic (exact) mass is 536 g/mol. The van der Waals surface area contributed by atoms with Crippen LogP contribution >= 0.6 is 0 Å². The molecule has 0 saturated carbocycles. The lowest BCUT2D eigenvalue weighted by atomic mass is 9.68. The van der Waals surface area contributed by atoms with E-state index in [0.29, 0.717) is 25.1 Å². The Morgan fingerprint density at radius 1 is 1.11 bits per heavy atom. The van der Waals surface area contributed by atoms with Gasteiger partial charge in [-0.2, -0.15) is 9.40 Å². The molecule has 1 N–H and O–H groups in total. The topological polar surface area (TPSA) is 84.3 Å². The van der Waals surface area contributed by atoms with Gasteiger partial charge in [-0.25, -0.2) is 17.5 Å². The molecule has 1 fully saturated rings. The molecule has 0 bridgehead atoms. The molecule has 1 aromatic heterocycles. The highest BCUT2D eigenvalue weighted by molar-refractivity contribution is 7.89. The third kappa shape index (κ3) is 4.47. The minimum atomic E-state index is -3.81. The second-order valence-electron chi connectivity index (χ2n) is 11.1. The van der Waals surface area contributed by atoms with Crippen molar-refractivity contribution in [3.63, 3.8) is 0 Å². The van der Waals surface area contributed by atoms with Crippen LogP contribution in [0.25, 0.3) is 11.8 Å². The summed E-state index contributed by atoms with van der Waals surface area (Å²) in [5.74, 6) is -0.514. The van der Waals surface area contributed by atoms with Gasteiger partial charge in [-0.3, -0.25) is 4.79 Å². The van der Waals surface area contributed by atoms with Crippen molar-refractivity contribution in [3.05, 3.63) is 82.9 Å². The predicted octanol–water partition coefficient (Wildman–Crippen LogP) is 4.47. The first-order valence-electron chi connectivity index (χ1n) is 12.9. The van der Waals surface area contributed by atoms with E-state index < -0.39 is 15.4 Å².